The third-order valence-electron chi connectivity index (χ3n) is 3.34. The van der Waals surface area contributed by atoms with Crippen molar-refractivity contribution in [2.45, 2.75) is 39.0 Å². The Bertz CT molecular complexity index is 396. The first-order chi connectivity index (χ1) is 8.99. The summed E-state index contributed by atoms with van der Waals surface area (Å²) in [7, 11) is 1.77. The number of aryl methyl sites for hydroxylation is 1. The van der Waals surface area contributed by atoms with Crippen LogP contribution < -0.4 is 10.6 Å². The monoisotopic (exact) mass is 262 g/mol. The van der Waals surface area contributed by atoms with E-state index < -0.39 is 0 Å². The lowest BCUT2D eigenvalue weighted by Gasteiger charge is -2.26. The van der Waals surface area contributed by atoms with E-state index in [0.29, 0.717) is 13.1 Å². The highest BCUT2D eigenvalue weighted by Gasteiger charge is 2.21. The first-order valence-corrected chi connectivity index (χ1v) is 7.00. The van der Waals surface area contributed by atoms with Gasteiger partial charge in [0.25, 0.3) is 0 Å². The second kappa shape index (κ2) is 7.29. The number of nitrogens with one attached hydrogen (secondary N) is 2. The van der Waals surface area contributed by atoms with E-state index in [4.69, 9.17) is 0 Å². The van der Waals surface area contributed by atoms with Crippen LogP contribution in [0.25, 0.3) is 0 Å². The minimum atomic E-state index is -0.0475. The van der Waals surface area contributed by atoms with Crippen molar-refractivity contribution < 1.29 is 4.79 Å². The van der Waals surface area contributed by atoms with Crippen molar-refractivity contribution in [1.82, 2.24) is 10.6 Å². The molecule has 1 aromatic rings. The highest BCUT2D eigenvalue weighted by Crippen LogP contribution is 2.22. The zero-order valence-electron chi connectivity index (χ0n) is 12.5. The topological polar surface area (TPSA) is 41.1 Å². The summed E-state index contributed by atoms with van der Waals surface area (Å²) in [4.78, 5) is 11.5. The van der Waals surface area contributed by atoms with Crippen molar-refractivity contribution in [1.29, 1.82) is 0 Å². The zero-order valence-corrected chi connectivity index (χ0v) is 12.5. The van der Waals surface area contributed by atoms with E-state index >= 15 is 0 Å². The maximum atomic E-state index is 11.5. The van der Waals surface area contributed by atoms with Gasteiger partial charge in [0.1, 0.15) is 0 Å². The molecule has 0 saturated heterocycles. The van der Waals surface area contributed by atoms with E-state index in [0.717, 1.165) is 6.42 Å². The second-order valence-electron chi connectivity index (χ2n) is 5.64. The second-order valence-corrected chi connectivity index (χ2v) is 5.64. The predicted octanol–water partition coefficient (Wildman–Crippen LogP) is 2.25. The molecule has 0 saturated carbocycles. The average Bonchev–Trinajstić information content (AvgIpc) is 2.38. The lowest BCUT2D eigenvalue weighted by Crippen LogP contribution is -2.40. The Morgan fingerprint density at radius 3 is 2.37 bits per heavy atom. The summed E-state index contributed by atoms with van der Waals surface area (Å²) in [5.41, 5.74) is 2.59. The van der Waals surface area contributed by atoms with E-state index in [1.54, 1.807) is 7.05 Å². The average molecular weight is 262 g/mol. The van der Waals surface area contributed by atoms with E-state index in [9.17, 15) is 4.79 Å². The minimum absolute atomic E-state index is 0.0400. The van der Waals surface area contributed by atoms with Gasteiger partial charge in [0.15, 0.2) is 0 Å². The summed E-state index contributed by atoms with van der Waals surface area (Å²) in [6.07, 6.45) is 2.29. The summed E-state index contributed by atoms with van der Waals surface area (Å²) < 4.78 is 0. The number of rotatable bonds is 7. The zero-order chi connectivity index (χ0) is 14.3. The molecule has 0 aliphatic heterocycles. The summed E-state index contributed by atoms with van der Waals surface area (Å²) >= 11 is 0. The van der Waals surface area contributed by atoms with Crippen LogP contribution in [-0.4, -0.2) is 26.0 Å². The molecule has 0 radical (unpaired) electrons. The maximum Gasteiger partial charge on any atom is 0.233 e. The summed E-state index contributed by atoms with van der Waals surface area (Å²) in [5, 5.41) is 5.81. The number of carbonyl (C=O) groups is 1. The predicted molar refractivity (Wildman–Crippen MR) is 80.4 cm³/mol. The Hall–Kier alpha value is -1.35. The third kappa shape index (κ3) is 5.03. The van der Waals surface area contributed by atoms with Gasteiger partial charge in [0.05, 0.1) is 6.54 Å². The lowest BCUT2D eigenvalue weighted by atomic mass is 9.84. The molecule has 0 heterocycles. The normalized spacial score (nSPS) is 11.4. The fourth-order valence-electron chi connectivity index (χ4n) is 2.06. The molecule has 3 nitrogen and oxygen atoms in total. The molecule has 3 heteroatoms. The number of hydrogen-bond acceptors (Lipinski definition) is 2. The summed E-state index contributed by atoms with van der Waals surface area (Å²) in [5.74, 6) is 0.0400. The number of benzene rings is 1. The molecular weight excluding hydrogens is 236 g/mol. The molecule has 0 bridgehead atoms. The summed E-state index contributed by atoms with van der Waals surface area (Å²) in [6.45, 7) is 7.52. The third-order valence-corrected chi connectivity index (χ3v) is 3.34. The van der Waals surface area contributed by atoms with Crippen LogP contribution in [0.4, 0.5) is 0 Å². The molecule has 106 valence electrons. The number of carbonyl (C=O) groups excluding carboxylic acids is 1. The molecule has 0 aliphatic carbocycles. The fourth-order valence-corrected chi connectivity index (χ4v) is 2.06. The van der Waals surface area contributed by atoms with Gasteiger partial charge in [-0.15, -0.1) is 0 Å². The molecule has 0 fully saturated rings. The van der Waals surface area contributed by atoms with Crippen molar-refractivity contribution in [3.05, 3.63) is 35.4 Å². The van der Waals surface area contributed by atoms with E-state index in [2.05, 4.69) is 55.7 Å². The number of amides is 1. The van der Waals surface area contributed by atoms with Crippen LogP contribution in [0.3, 0.4) is 0 Å². The van der Waals surface area contributed by atoms with Gasteiger partial charge < -0.3 is 10.6 Å². The molecule has 2 N–H and O–H groups in total. The van der Waals surface area contributed by atoms with Crippen molar-refractivity contribution >= 4 is 5.91 Å². The SMILES string of the molecule is CCCc1ccc(C(C)(C)CNC(=O)CNC)cc1. The van der Waals surface area contributed by atoms with Gasteiger partial charge in [-0.25, -0.2) is 0 Å². The van der Waals surface area contributed by atoms with Gasteiger partial charge >= 0.3 is 0 Å². The number of hydrogen-bond donors (Lipinski definition) is 2. The standard InChI is InChI=1S/C16H26N2O/c1-5-6-13-7-9-14(10-8-13)16(2,3)12-18-15(19)11-17-4/h7-10,17H,5-6,11-12H2,1-4H3,(H,18,19). The van der Waals surface area contributed by atoms with Crippen LogP contribution >= 0.6 is 0 Å². The quantitative estimate of drug-likeness (QED) is 0.791. The van der Waals surface area contributed by atoms with Crippen LogP contribution in [0.5, 0.6) is 0 Å². The smallest absolute Gasteiger partial charge is 0.233 e. The van der Waals surface area contributed by atoms with Gasteiger partial charge in [0.2, 0.25) is 5.91 Å². The molecule has 1 amide bonds. The highest BCUT2D eigenvalue weighted by molar-refractivity contribution is 5.78. The van der Waals surface area contributed by atoms with E-state index in [1.807, 2.05) is 0 Å². The van der Waals surface area contributed by atoms with Crippen molar-refractivity contribution in [2.24, 2.45) is 0 Å². The van der Waals surface area contributed by atoms with E-state index in [1.165, 1.54) is 17.5 Å². The molecule has 19 heavy (non-hydrogen) atoms. The first kappa shape index (κ1) is 15.7. The van der Waals surface area contributed by atoms with Crippen LogP contribution in [0.1, 0.15) is 38.3 Å². The Morgan fingerprint density at radius 1 is 1.21 bits per heavy atom. The first-order valence-electron chi connectivity index (χ1n) is 7.00. The Labute approximate surface area is 116 Å². The van der Waals surface area contributed by atoms with Gasteiger partial charge in [-0.05, 0) is 24.6 Å². The molecule has 1 aromatic carbocycles. The van der Waals surface area contributed by atoms with E-state index in [-0.39, 0.29) is 11.3 Å². The molecule has 0 spiro atoms. The van der Waals surface area contributed by atoms with Gasteiger partial charge in [0, 0.05) is 12.0 Å². The lowest BCUT2D eigenvalue weighted by molar-refractivity contribution is -0.120. The number of likely N-dealkylation sites (N-methyl/N-ethyl adjacent to an activating group) is 1. The Morgan fingerprint density at radius 2 is 1.84 bits per heavy atom. The minimum Gasteiger partial charge on any atom is -0.354 e. The Balaban J connectivity index is 2.63. The van der Waals surface area contributed by atoms with Crippen molar-refractivity contribution in [3.63, 3.8) is 0 Å². The Kier molecular flexibility index (Phi) is 6.03. The van der Waals surface area contributed by atoms with Crippen LogP contribution in [0, 0.1) is 0 Å². The molecule has 0 aromatic heterocycles. The van der Waals surface area contributed by atoms with Crippen molar-refractivity contribution in [2.75, 3.05) is 20.1 Å². The van der Waals surface area contributed by atoms with Gasteiger partial charge in [-0.3, -0.25) is 4.79 Å². The maximum absolute atomic E-state index is 11.5. The fraction of sp³-hybridized carbons (Fsp3) is 0.562. The molecular formula is C16H26N2O. The largest absolute Gasteiger partial charge is 0.354 e. The highest BCUT2D eigenvalue weighted by atomic mass is 16.1. The molecule has 1 rings (SSSR count). The van der Waals surface area contributed by atoms with Gasteiger partial charge in [-0.1, -0.05) is 51.5 Å². The van der Waals surface area contributed by atoms with Crippen LogP contribution in [0.2, 0.25) is 0 Å². The molecule has 0 unspecified atom stereocenters. The van der Waals surface area contributed by atoms with Gasteiger partial charge in [-0.2, -0.15) is 0 Å². The molecule has 0 atom stereocenters. The molecule has 0 aliphatic rings. The van der Waals surface area contributed by atoms with Crippen LogP contribution in [-0.2, 0) is 16.6 Å². The summed E-state index contributed by atoms with van der Waals surface area (Å²) in [6, 6.07) is 8.73. The van der Waals surface area contributed by atoms with Crippen molar-refractivity contribution in [3.8, 4) is 0 Å². The van der Waals surface area contributed by atoms with Crippen LogP contribution in [0.15, 0.2) is 24.3 Å².